The normalized spacial score (nSPS) is 12.7. The predicted octanol–water partition coefficient (Wildman–Crippen LogP) is 4.24. The molecule has 1 unspecified atom stereocenters. The summed E-state index contributed by atoms with van der Waals surface area (Å²) in [5.74, 6) is 1.39. The van der Waals surface area contributed by atoms with E-state index >= 15 is 0 Å². The number of benzene rings is 1. The maximum absolute atomic E-state index is 5.89. The molecule has 0 aliphatic rings. The van der Waals surface area contributed by atoms with Gasteiger partial charge in [-0.3, -0.25) is 4.99 Å². The summed E-state index contributed by atoms with van der Waals surface area (Å²) in [6, 6.07) is 14.2. The molecule has 28 heavy (non-hydrogen) atoms. The van der Waals surface area contributed by atoms with Crippen molar-refractivity contribution in [2.75, 3.05) is 20.2 Å². The van der Waals surface area contributed by atoms with E-state index in [2.05, 4.69) is 39.7 Å². The summed E-state index contributed by atoms with van der Waals surface area (Å²) in [5, 5.41) is 8.55. The molecule has 7 heteroatoms. The Bertz CT molecular complexity index is 846. The van der Waals surface area contributed by atoms with Gasteiger partial charge in [0.25, 0.3) is 0 Å². The highest BCUT2D eigenvalue weighted by Gasteiger charge is 2.08. The van der Waals surface area contributed by atoms with Crippen molar-refractivity contribution < 1.29 is 9.15 Å². The number of nitrogens with zero attached hydrogens (tertiary/aromatic N) is 2. The first-order valence-corrected chi connectivity index (χ1v) is 10.2. The van der Waals surface area contributed by atoms with E-state index in [9.17, 15) is 0 Å². The third kappa shape index (κ3) is 5.94. The zero-order valence-corrected chi connectivity index (χ0v) is 17.0. The average molecular weight is 399 g/mol. The number of oxazole rings is 1. The molecular formula is C21H26N4O2S. The van der Waals surface area contributed by atoms with Crippen LogP contribution in [0.2, 0.25) is 0 Å². The van der Waals surface area contributed by atoms with Gasteiger partial charge in [-0.25, -0.2) is 4.98 Å². The van der Waals surface area contributed by atoms with E-state index in [1.807, 2.05) is 35.7 Å². The van der Waals surface area contributed by atoms with E-state index < -0.39 is 0 Å². The largest absolute Gasteiger partial charge is 0.443 e. The number of ether oxygens (including phenoxy) is 1. The zero-order chi connectivity index (χ0) is 19.6. The van der Waals surface area contributed by atoms with Crippen LogP contribution in [0.1, 0.15) is 30.7 Å². The number of guanidine groups is 1. The third-order valence-electron chi connectivity index (χ3n) is 4.19. The average Bonchev–Trinajstić information content (AvgIpc) is 3.42. The second-order valence-corrected chi connectivity index (χ2v) is 7.20. The Morgan fingerprint density at radius 3 is 2.82 bits per heavy atom. The first-order chi connectivity index (χ1) is 13.8. The van der Waals surface area contributed by atoms with Gasteiger partial charge in [0.1, 0.15) is 6.26 Å². The first-order valence-electron chi connectivity index (χ1n) is 9.35. The van der Waals surface area contributed by atoms with Crippen LogP contribution in [0.15, 0.2) is 63.5 Å². The van der Waals surface area contributed by atoms with E-state index in [1.54, 1.807) is 24.6 Å². The van der Waals surface area contributed by atoms with Crippen LogP contribution in [-0.2, 0) is 11.3 Å². The van der Waals surface area contributed by atoms with Crippen LogP contribution in [0.4, 0.5) is 0 Å². The maximum Gasteiger partial charge on any atom is 0.236 e. The van der Waals surface area contributed by atoms with Crippen molar-refractivity contribution >= 4 is 17.3 Å². The molecule has 6 nitrogen and oxygen atoms in total. The topological polar surface area (TPSA) is 71.7 Å². The number of rotatable bonds is 9. The van der Waals surface area contributed by atoms with Gasteiger partial charge in [-0.2, -0.15) is 0 Å². The summed E-state index contributed by atoms with van der Waals surface area (Å²) in [5.41, 5.74) is 2.04. The van der Waals surface area contributed by atoms with Gasteiger partial charge in [0.05, 0.1) is 23.2 Å². The fourth-order valence-corrected chi connectivity index (χ4v) is 3.31. The Labute approximate surface area is 169 Å². The van der Waals surface area contributed by atoms with Crippen LogP contribution in [0, 0.1) is 0 Å². The summed E-state index contributed by atoms with van der Waals surface area (Å²) in [6.45, 7) is 4.09. The van der Waals surface area contributed by atoms with Crippen molar-refractivity contribution in [2.24, 2.45) is 4.99 Å². The molecule has 1 atom stereocenters. The Balaban J connectivity index is 1.34. The fourth-order valence-electron chi connectivity index (χ4n) is 2.66. The lowest BCUT2D eigenvalue weighted by Gasteiger charge is -2.14. The van der Waals surface area contributed by atoms with E-state index in [4.69, 9.17) is 9.15 Å². The molecule has 0 fully saturated rings. The number of hydrogen-bond acceptors (Lipinski definition) is 5. The van der Waals surface area contributed by atoms with Crippen molar-refractivity contribution in [3.05, 3.63) is 65.4 Å². The Morgan fingerprint density at radius 1 is 1.21 bits per heavy atom. The van der Waals surface area contributed by atoms with Crippen LogP contribution in [0.25, 0.3) is 10.8 Å². The zero-order valence-electron chi connectivity index (χ0n) is 16.2. The first kappa shape index (κ1) is 20.1. The fraction of sp³-hybridized carbons (Fsp3) is 0.333. The lowest BCUT2D eigenvalue weighted by atomic mass is 10.1. The highest BCUT2D eigenvalue weighted by molar-refractivity contribution is 7.13. The van der Waals surface area contributed by atoms with E-state index in [0.29, 0.717) is 19.0 Å². The molecule has 1 aromatic carbocycles. The monoisotopic (exact) mass is 398 g/mol. The van der Waals surface area contributed by atoms with Gasteiger partial charge in [-0.15, -0.1) is 11.3 Å². The van der Waals surface area contributed by atoms with Gasteiger partial charge < -0.3 is 19.8 Å². The minimum atomic E-state index is 0.100. The molecular weight excluding hydrogens is 372 g/mol. The number of hydrogen-bond donors (Lipinski definition) is 2. The van der Waals surface area contributed by atoms with Crippen LogP contribution >= 0.6 is 11.3 Å². The second kappa shape index (κ2) is 10.6. The molecule has 2 N–H and O–H groups in total. The summed E-state index contributed by atoms with van der Waals surface area (Å²) in [6.07, 6.45) is 2.67. The van der Waals surface area contributed by atoms with Crippen LogP contribution in [-0.4, -0.2) is 31.1 Å². The van der Waals surface area contributed by atoms with Crippen molar-refractivity contribution in [1.29, 1.82) is 0 Å². The highest BCUT2D eigenvalue weighted by Crippen LogP contribution is 2.23. The van der Waals surface area contributed by atoms with Gasteiger partial charge in [0, 0.05) is 20.2 Å². The molecule has 0 bridgehead atoms. The van der Waals surface area contributed by atoms with Crippen molar-refractivity contribution in [2.45, 2.75) is 26.0 Å². The number of aliphatic imine (C=N–C) groups is 1. The molecule has 0 aliphatic heterocycles. The summed E-state index contributed by atoms with van der Waals surface area (Å²) in [7, 11) is 1.75. The van der Waals surface area contributed by atoms with Crippen molar-refractivity contribution in [3.63, 3.8) is 0 Å². The van der Waals surface area contributed by atoms with Crippen LogP contribution in [0.3, 0.4) is 0 Å². The Hall–Kier alpha value is -2.64. The minimum absolute atomic E-state index is 0.100. The summed E-state index contributed by atoms with van der Waals surface area (Å²) < 4.78 is 11.4. The van der Waals surface area contributed by atoms with Gasteiger partial charge in [0.2, 0.25) is 5.89 Å². The van der Waals surface area contributed by atoms with E-state index in [-0.39, 0.29) is 6.10 Å². The molecule has 0 spiro atoms. The van der Waals surface area contributed by atoms with Gasteiger partial charge >= 0.3 is 0 Å². The maximum atomic E-state index is 5.89. The SMILES string of the molecule is CN=C(NCCCOC(C)c1ccccc1)NCc1coc(-c2cccs2)n1. The lowest BCUT2D eigenvalue weighted by molar-refractivity contribution is 0.0646. The highest BCUT2D eigenvalue weighted by atomic mass is 32.1. The molecule has 3 aromatic rings. The van der Waals surface area contributed by atoms with Gasteiger partial charge in [-0.1, -0.05) is 36.4 Å². The summed E-state index contributed by atoms with van der Waals surface area (Å²) >= 11 is 1.61. The molecule has 0 saturated heterocycles. The minimum Gasteiger partial charge on any atom is -0.443 e. The second-order valence-electron chi connectivity index (χ2n) is 6.25. The molecule has 0 saturated carbocycles. The third-order valence-corrected chi connectivity index (χ3v) is 5.05. The van der Waals surface area contributed by atoms with Gasteiger partial charge in [-0.05, 0) is 30.4 Å². The van der Waals surface area contributed by atoms with E-state index in [1.165, 1.54) is 5.56 Å². The molecule has 148 valence electrons. The van der Waals surface area contributed by atoms with Crippen LogP contribution < -0.4 is 10.6 Å². The smallest absolute Gasteiger partial charge is 0.236 e. The van der Waals surface area contributed by atoms with Crippen molar-refractivity contribution in [3.8, 4) is 10.8 Å². The molecule has 2 heterocycles. The molecule has 0 aliphatic carbocycles. The number of aromatic nitrogens is 1. The Kier molecular flexibility index (Phi) is 7.63. The quantitative estimate of drug-likeness (QED) is 0.320. The molecule has 0 radical (unpaired) electrons. The van der Waals surface area contributed by atoms with E-state index in [0.717, 1.165) is 29.5 Å². The predicted molar refractivity (Wildman–Crippen MR) is 113 cm³/mol. The van der Waals surface area contributed by atoms with Crippen LogP contribution in [0.5, 0.6) is 0 Å². The molecule has 0 amide bonds. The van der Waals surface area contributed by atoms with Crippen molar-refractivity contribution in [1.82, 2.24) is 15.6 Å². The summed E-state index contributed by atoms with van der Waals surface area (Å²) in [4.78, 5) is 9.76. The van der Waals surface area contributed by atoms with Gasteiger partial charge in [0.15, 0.2) is 5.96 Å². The molecule has 2 aromatic heterocycles. The lowest BCUT2D eigenvalue weighted by Crippen LogP contribution is -2.37. The Morgan fingerprint density at radius 2 is 2.07 bits per heavy atom. The number of thiophene rings is 1. The molecule has 3 rings (SSSR count). The number of nitrogens with one attached hydrogen (secondary N) is 2. The standard InChI is InChI=1S/C21H26N4O2S/c1-16(17-8-4-3-5-9-17)26-12-7-11-23-21(22-2)24-14-18-15-27-20(25-18)19-10-6-13-28-19/h3-6,8-10,13,15-16H,7,11-12,14H2,1-2H3,(H2,22,23,24).